The Hall–Kier alpha value is -1.20. The molecule has 0 spiro atoms. The standard InChI is InChI=1S/C12H18N4O/c1-16-6-2-3-10(16)11-8-7-13-5-4-9(8)14-12(17)15-11/h10,13H,2-7H2,1H3,(H,14,15,17). The van der Waals surface area contributed by atoms with Crippen molar-refractivity contribution in [1.29, 1.82) is 0 Å². The Labute approximate surface area is 100 Å². The van der Waals surface area contributed by atoms with Crippen molar-refractivity contribution < 1.29 is 0 Å². The molecule has 1 aromatic heterocycles. The third-order valence-electron chi connectivity index (χ3n) is 3.84. The summed E-state index contributed by atoms with van der Waals surface area (Å²) in [6, 6.07) is 0.325. The molecular weight excluding hydrogens is 216 g/mol. The SMILES string of the molecule is CN1CCCC1c1nc(=O)[nH]c2c1CNCC2. The van der Waals surface area contributed by atoms with Crippen molar-refractivity contribution >= 4 is 0 Å². The number of nitrogens with zero attached hydrogens (tertiary/aromatic N) is 2. The lowest BCUT2D eigenvalue weighted by Crippen LogP contribution is -2.32. The van der Waals surface area contributed by atoms with Gasteiger partial charge in [-0.05, 0) is 26.4 Å². The molecule has 3 rings (SSSR count). The molecule has 0 aliphatic carbocycles. The molecule has 1 unspecified atom stereocenters. The first-order chi connectivity index (χ1) is 8.25. The summed E-state index contributed by atoms with van der Waals surface area (Å²) in [7, 11) is 2.11. The Balaban J connectivity index is 2.08. The second-order valence-corrected chi connectivity index (χ2v) is 4.95. The molecule has 1 saturated heterocycles. The molecule has 0 aromatic carbocycles. The van der Waals surface area contributed by atoms with Crippen LogP contribution in [0.2, 0.25) is 0 Å². The highest BCUT2D eigenvalue weighted by Gasteiger charge is 2.28. The van der Waals surface area contributed by atoms with E-state index in [9.17, 15) is 4.79 Å². The smallest absolute Gasteiger partial charge is 0.312 e. The van der Waals surface area contributed by atoms with Gasteiger partial charge in [0.15, 0.2) is 0 Å². The lowest BCUT2D eigenvalue weighted by Gasteiger charge is -2.25. The van der Waals surface area contributed by atoms with Crippen LogP contribution < -0.4 is 11.0 Å². The number of aromatic nitrogens is 2. The Bertz CT molecular complexity index is 482. The van der Waals surface area contributed by atoms with Crippen molar-refractivity contribution in [1.82, 2.24) is 20.2 Å². The molecule has 17 heavy (non-hydrogen) atoms. The van der Waals surface area contributed by atoms with Gasteiger partial charge in [0.25, 0.3) is 0 Å². The van der Waals surface area contributed by atoms with Crippen LogP contribution in [-0.4, -0.2) is 35.0 Å². The van der Waals surface area contributed by atoms with Crippen LogP contribution in [0.15, 0.2) is 4.79 Å². The Morgan fingerprint density at radius 2 is 2.35 bits per heavy atom. The summed E-state index contributed by atoms with van der Waals surface area (Å²) >= 11 is 0. The van der Waals surface area contributed by atoms with Crippen LogP contribution in [0.3, 0.4) is 0 Å². The highest BCUT2D eigenvalue weighted by molar-refractivity contribution is 5.29. The first kappa shape index (κ1) is 10.9. The molecule has 2 aliphatic heterocycles. The van der Waals surface area contributed by atoms with Crippen LogP contribution in [0.25, 0.3) is 0 Å². The maximum Gasteiger partial charge on any atom is 0.345 e. The van der Waals surface area contributed by atoms with Crippen LogP contribution in [0.5, 0.6) is 0 Å². The summed E-state index contributed by atoms with van der Waals surface area (Å²) < 4.78 is 0. The number of nitrogens with one attached hydrogen (secondary N) is 2. The van der Waals surface area contributed by atoms with Gasteiger partial charge in [-0.2, -0.15) is 4.98 Å². The maximum atomic E-state index is 11.6. The number of fused-ring (bicyclic) bond motifs is 1. The molecule has 0 amide bonds. The summed E-state index contributed by atoms with van der Waals surface area (Å²) in [5, 5.41) is 3.36. The van der Waals surface area contributed by atoms with Crippen molar-refractivity contribution in [2.24, 2.45) is 0 Å². The summed E-state index contributed by atoms with van der Waals surface area (Å²) in [6.07, 6.45) is 3.20. The molecule has 2 N–H and O–H groups in total. The van der Waals surface area contributed by atoms with Gasteiger partial charge in [-0.25, -0.2) is 4.79 Å². The topological polar surface area (TPSA) is 61.0 Å². The molecular formula is C12H18N4O. The lowest BCUT2D eigenvalue weighted by atomic mass is 10.00. The molecule has 5 heteroatoms. The third-order valence-corrected chi connectivity index (χ3v) is 3.84. The number of likely N-dealkylation sites (tertiary alicyclic amines) is 1. The fourth-order valence-electron chi connectivity index (χ4n) is 2.93. The van der Waals surface area contributed by atoms with Crippen LogP contribution in [0, 0.1) is 0 Å². The lowest BCUT2D eigenvalue weighted by molar-refractivity contribution is 0.308. The Morgan fingerprint density at radius 1 is 1.47 bits per heavy atom. The van der Waals surface area contributed by atoms with E-state index in [2.05, 4.69) is 27.2 Å². The Morgan fingerprint density at radius 3 is 3.12 bits per heavy atom. The predicted molar refractivity (Wildman–Crippen MR) is 64.9 cm³/mol. The molecule has 2 aliphatic rings. The fourth-order valence-corrected chi connectivity index (χ4v) is 2.93. The summed E-state index contributed by atoms with van der Waals surface area (Å²) in [4.78, 5) is 21.0. The van der Waals surface area contributed by atoms with Crippen LogP contribution >= 0.6 is 0 Å². The predicted octanol–water partition coefficient (Wildman–Crippen LogP) is 0.182. The minimum atomic E-state index is -0.194. The normalized spacial score (nSPS) is 24.9. The fraction of sp³-hybridized carbons (Fsp3) is 0.667. The minimum Gasteiger partial charge on any atom is -0.312 e. The first-order valence-electron chi connectivity index (χ1n) is 6.28. The van der Waals surface area contributed by atoms with Gasteiger partial charge in [0, 0.05) is 30.8 Å². The van der Waals surface area contributed by atoms with E-state index < -0.39 is 0 Å². The molecule has 0 radical (unpaired) electrons. The van der Waals surface area contributed by atoms with E-state index >= 15 is 0 Å². The molecule has 92 valence electrons. The minimum absolute atomic E-state index is 0.194. The molecule has 0 saturated carbocycles. The summed E-state index contributed by atoms with van der Waals surface area (Å²) in [6.45, 7) is 2.87. The summed E-state index contributed by atoms with van der Waals surface area (Å²) in [5.74, 6) is 0. The van der Waals surface area contributed by atoms with Crippen molar-refractivity contribution in [3.63, 3.8) is 0 Å². The van der Waals surface area contributed by atoms with E-state index in [0.717, 1.165) is 43.9 Å². The van der Waals surface area contributed by atoms with Crippen LogP contribution in [0.1, 0.15) is 35.8 Å². The number of rotatable bonds is 1. The maximum absolute atomic E-state index is 11.6. The van der Waals surface area contributed by atoms with Crippen LogP contribution in [0.4, 0.5) is 0 Å². The summed E-state index contributed by atoms with van der Waals surface area (Å²) in [5.41, 5.74) is 3.10. The van der Waals surface area contributed by atoms with Crippen molar-refractivity contribution in [2.45, 2.75) is 31.8 Å². The zero-order chi connectivity index (χ0) is 11.8. The quantitative estimate of drug-likeness (QED) is 0.728. The van der Waals surface area contributed by atoms with Gasteiger partial charge in [-0.3, -0.25) is 4.90 Å². The molecule has 3 heterocycles. The van der Waals surface area contributed by atoms with E-state index in [1.54, 1.807) is 0 Å². The number of H-pyrrole nitrogens is 1. The third kappa shape index (κ3) is 1.89. The van der Waals surface area contributed by atoms with E-state index in [-0.39, 0.29) is 5.69 Å². The number of hydrogen-bond acceptors (Lipinski definition) is 4. The van der Waals surface area contributed by atoms with E-state index in [1.165, 1.54) is 12.0 Å². The first-order valence-corrected chi connectivity index (χ1v) is 6.28. The molecule has 0 bridgehead atoms. The average Bonchev–Trinajstić information content (AvgIpc) is 2.74. The van der Waals surface area contributed by atoms with Gasteiger partial charge in [0.2, 0.25) is 0 Å². The highest BCUT2D eigenvalue weighted by atomic mass is 16.1. The largest absolute Gasteiger partial charge is 0.345 e. The van der Waals surface area contributed by atoms with Crippen molar-refractivity contribution in [3.05, 3.63) is 27.4 Å². The number of aromatic amines is 1. The van der Waals surface area contributed by atoms with E-state index in [0.29, 0.717) is 6.04 Å². The second-order valence-electron chi connectivity index (χ2n) is 4.95. The van der Waals surface area contributed by atoms with Gasteiger partial charge in [-0.15, -0.1) is 0 Å². The number of hydrogen-bond donors (Lipinski definition) is 2. The van der Waals surface area contributed by atoms with Gasteiger partial charge in [-0.1, -0.05) is 0 Å². The van der Waals surface area contributed by atoms with Crippen LogP contribution in [-0.2, 0) is 13.0 Å². The molecule has 1 atom stereocenters. The van der Waals surface area contributed by atoms with Gasteiger partial charge < -0.3 is 10.3 Å². The van der Waals surface area contributed by atoms with E-state index in [1.807, 2.05) is 0 Å². The highest BCUT2D eigenvalue weighted by Crippen LogP contribution is 2.31. The average molecular weight is 234 g/mol. The second kappa shape index (κ2) is 4.23. The molecule has 1 aromatic rings. The van der Waals surface area contributed by atoms with Crippen molar-refractivity contribution in [3.8, 4) is 0 Å². The van der Waals surface area contributed by atoms with Crippen molar-refractivity contribution in [2.75, 3.05) is 20.1 Å². The monoisotopic (exact) mass is 234 g/mol. The zero-order valence-electron chi connectivity index (χ0n) is 10.1. The van der Waals surface area contributed by atoms with Gasteiger partial charge in [0.1, 0.15) is 0 Å². The molecule has 5 nitrogen and oxygen atoms in total. The van der Waals surface area contributed by atoms with Gasteiger partial charge in [0.05, 0.1) is 11.7 Å². The van der Waals surface area contributed by atoms with Gasteiger partial charge >= 0.3 is 5.69 Å². The zero-order valence-corrected chi connectivity index (χ0v) is 10.1. The Kier molecular flexibility index (Phi) is 2.72. The molecule has 1 fully saturated rings. The van der Waals surface area contributed by atoms with E-state index in [4.69, 9.17) is 0 Å².